The van der Waals surface area contributed by atoms with Gasteiger partial charge in [0, 0.05) is 39.6 Å². The van der Waals surface area contributed by atoms with Gasteiger partial charge in [0.25, 0.3) is 0 Å². The zero-order chi connectivity index (χ0) is 20.2. The molecule has 0 radical (unpaired) electrons. The van der Waals surface area contributed by atoms with Gasteiger partial charge >= 0.3 is 0 Å². The lowest BCUT2D eigenvalue weighted by Crippen LogP contribution is -2.43. The first-order valence-corrected chi connectivity index (χ1v) is 10.1. The van der Waals surface area contributed by atoms with Crippen molar-refractivity contribution in [3.8, 4) is 0 Å². The van der Waals surface area contributed by atoms with Crippen LogP contribution in [0.1, 0.15) is 26.0 Å². The van der Waals surface area contributed by atoms with Crippen molar-refractivity contribution < 1.29 is 13.9 Å². The van der Waals surface area contributed by atoms with E-state index in [0.29, 0.717) is 13.1 Å². The number of amides is 1. The molecule has 8 heteroatoms. The molecule has 8 nitrogen and oxygen atoms in total. The molecule has 0 aromatic carbocycles. The van der Waals surface area contributed by atoms with Crippen molar-refractivity contribution in [2.45, 2.75) is 26.7 Å². The van der Waals surface area contributed by atoms with Crippen LogP contribution in [0.3, 0.4) is 0 Å². The zero-order valence-electron chi connectivity index (χ0n) is 17.4. The SMILES string of the molecule is CNC(=O)C(C)(C)CN=C(NCCCN1CCOCC1)NCCc1ccco1. The van der Waals surface area contributed by atoms with E-state index in [0.717, 1.165) is 64.0 Å². The Balaban J connectivity index is 1.81. The highest BCUT2D eigenvalue weighted by Gasteiger charge is 2.26. The molecule has 0 bridgehead atoms. The van der Waals surface area contributed by atoms with Crippen LogP contribution in [-0.4, -0.2) is 76.3 Å². The molecule has 1 aliphatic heterocycles. The number of hydrogen-bond acceptors (Lipinski definition) is 5. The molecule has 0 unspecified atom stereocenters. The Kier molecular flexibility index (Phi) is 9.30. The van der Waals surface area contributed by atoms with Gasteiger partial charge < -0.3 is 25.1 Å². The third kappa shape index (κ3) is 7.90. The number of carbonyl (C=O) groups is 1. The molecule has 3 N–H and O–H groups in total. The third-order valence-corrected chi connectivity index (χ3v) is 4.77. The van der Waals surface area contributed by atoms with Crippen molar-refractivity contribution in [1.29, 1.82) is 0 Å². The second-order valence-corrected chi connectivity index (χ2v) is 7.62. The topological polar surface area (TPSA) is 91.1 Å². The number of rotatable bonds is 10. The maximum Gasteiger partial charge on any atom is 0.227 e. The Morgan fingerprint density at radius 3 is 2.68 bits per heavy atom. The number of aliphatic imine (C=N–C) groups is 1. The standard InChI is InChI=1S/C20H35N5O3/c1-20(2,18(26)21-3)16-24-19(23-9-7-17-6-4-13-28-17)22-8-5-10-25-11-14-27-15-12-25/h4,6,13H,5,7-12,14-16H2,1-3H3,(H,21,26)(H2,22,23,24). The molecule has 1 aromatic rings. The summed E-state index contributed by atoms with van der Waals surface area (Å²) in [5.74, 6) is 1.65. The minimum atomic E-state index is -0.557. The fraction of sp³-hybridized carbons (Fsp3) is 0.700. The number of nitrogens with one attached hydrogen (secondary N) is 3. The Hall–Kier alpha value is -2.06. The molecule has 1 fully saturated rings. The second kappa shape index (κ2) is 11.7. The van der Waals surface area contributed by atoms with Gasteiger partial charge in [-0.05, 0) is 38.9 Å². The summed E-state index contributed by atoms with van der Waals surface area (Å²) >= 11 is 0. The summed E-state index contributed by atoms with van der Waals surface area (Å²) < 4.78 is 10.8. The maximum atomic E-state index is 12.0. The molecule has 2 rings (SSSR count). The summed E-state index contributed by atoms with van der Waals surface area (Å²) in [5, 5.41) is 9.43. The van der Waals surface area contributed by atoms with Crippen molar-refractivity contribution in [2.24, 2.45) is 10.4 Å². The summed E-state index contributed by atoms with van der Waals surface area (Å²) in [5.41, 5.74) is -0.557. The number of hydrogen-bond donors (Lipinski definition) is 3. The van der Waals surface area contributed by atoms with E-state index in [1.807, 2.05) is 26.0 Å². The molecule has 1 amide bonds. The highest BCUT2D eigenvalue weighted by atomic mass is 16.5. The lowest BCUT2D eigenvalue weighted by atomic mass is 9.93. The van der Waals surface area contributed by atoms with Gasteiger partial charge in [-0.25, -0.2) is 0 Å². The van der Waals surface area contributed by atoms with E-state index in [1.165, 1.54) is 0 Å². The first-order valence-electron chi connectivity index (χ1n) is 10.1. The van der Waals surface area contributed by atoms with Crippen LogP contribution in [0.2, 0.25) is 0 Å². The first kappa shape index (κ1) is 22.2. The lowest BCUT2D eigenvalue weighted by molar-refractivity contribution is -0.128. The number of ether oxygens (including phenoxy) is 1. The van der Waals surface area contributed by atoms with Gasteiger partial charge in [-0.3, -0.25) is 14.7 Å². The van der Waals surface area contributed by atoms with E-state index < -0.39 is 5.41 Å². The molecular weight excluding hydrogens is 358 g/mol. The van der Waals surface area contributed by atoms with Gasteiger partial charge in [-0.2, -0.15) is 0 Å². The first-order chi connectivity index (χ1) is 13.5. The van der Waals surface area contributed by atoms with Crippen LogP contribution in [0.25, 0.3) is 0 Å². The van der Waals surface area contributed by atoms with E-state index in [9.17, 15) is 4.79 Å². The van der Waals surface area contributed by atoms with Gasteiger partial charge in [0.2, 0.25) is 5.91 Å². The average Bonchev–Trinajstić information content (AvgIpc) is 3.22. The van der Waals surface area contributed by atoms with Crippen LogP contribution in [0.15, 0.2) is 27.8 Å². The molecule has 0 saturated carbocycles. The average molecular weight is 394 g/mol. The largest absolute Gasteiger partial charge is 0.469 e. The van der Waals surface area contributed by atoms with Crippen molar-refractivity contribution in [3.05, 3.63) is 24.2 Å². The monoisotopic (exact) mass is 393 g/mol. The third-order valence-electron chi connectivity index (χ3n) is 4.77. The predicted octanol–water partition coefficient (Wildman–Crippen LogP) is 0.852. The Bertz CT molecular complexity index is 595. The molecular formula is C20H35N5O3. The molecule has 28 heavy (non-hydrogen) atoms. The van der Waals surface area contributed by atoms with Gasteiger partial charge in [0.1, 0.15) is 5.76 Å². The Labute approximate surface area is 168 Å². The molecule has 0 atom stereocenters. The fourth-order valence-corrected chi connectivity index (χ4v) is 2.95. The normalized spacial score (nSPS) is 16.0. The Morgan fingerprint density at radius 2 is 2.00 bits per heavy atom. The summed E-state index contributed by atoms with van der Waals surface area (Å²) in [6, 6.07) is 3.85. The highest BCUT2D eigenvalue weighted by Crippen LogP contribution is 2.15. The van der Waals surface area contributed by atoms with Crippen LogP contribution < -0.4 is 16.0 Å². The Morgan fingerprint density at radius 1 is 1.25 bits per heavy atom. The molecule has 0 aliphatic carbocycles. The van der Waals surface area contributed by atoms with Gasteiger partial charge in [-0.1, -0.05) is 0 Å². The van der Waals surface area contributed by atoms with Crippen LogP contribution in [0, 0.1) is 5.41 Å². The number of carbonyl (C=O) groups excluding carboxylic acids is 1. The van der Waals surface area contributed by atoms with Gasteiger partial charge in [0.15, 0.2) is 5.96 Å². The van der Waals surface area contributed by atoms with Crippen molar-refractivity contribution >= 4 is 11.9 Å². The van der Waals surface area contributed by atoms with Crippen molar-refractivity contribution in [1.82, 2.24) is 20.9 Å². The summed E-state index contributed by atoms with van der Waals surface area (Å²) in [6.07, 6.45) is 3.48. The number of furan rings is 1. The smallest absolute Gasteiger partial charge is 0.227 e. The van der Waals surface area contributed by atoms with Gasteiger partial charge in [-0.15, -0.1) is 0 Å². The molecule has 1 aliphatic rings. The van der Waals surface area contributed by atoms with Gasteiger partial charge in [0.05, 0.1) is 31.4 Å². The molecule has 1 saturated heterocycles. The fourth-order valence-electron chi connectivity index (χ4n) is 2.95. The lowest BCUT2D eigenvalue weighted by Gasteiger charge is -2.26. The van der Waals surface area contributed by atoms with E-state index >= 15 is 0 Å². The summed E-state index contributed by atoms with van der Waals surface area (Å²) in [7, 11) is 1.65. The number of nitrogens with zero attached hydrogens (tertiary/aromatic N) is 2. The minimum absolute atomic E-state index is 0.0153. The van der Waals surface area contributed by atoms with E-state index in [1.54, 1.807) is 13.3 Å². The van der Waals surface area contributed by atoms with E-state index in [-0.39, 0.29) is 5.91 Å². The summed E-state index contributed by atoms with van der Waals surface area (Å²) in [6.45, 7) is 10.4. The molecule has 2 heterocycles. The quantitative estimate of drug-likeness (QED) is 0.310. The minimum Gasteiger partial charge on any atom is -0.469 e. The molecule has 1 aromatic heterocycles. The zero-order valence-corrected chi connectivity index (χ0v) is 17.4. The van der Waals surface area contributed by atoms with E-state index in [4.69, 9.17) is 9.15 Å². The summed E-state index contributed by atoms with van der Waals surface area (Å²) in [4.78, 5) is 19.1. The van der Waals surface area contributed by atoms with Crippen LogP contribution in [0.5, 0.6) is 0 Å². The predicted molar refractivity (Wildman–Crippen MR) is 110 cm³/mol. The maximum absolute atomic E-state index is 12.0. The van der Waals surface area contributed by atoms with Crippen LogP contribution in [0.4, 0.5) is 0 Å². The van der Waals surface area contributed by atoms with Crippen LogP contribution in [-0.2, 0) is 16.0 Å². The number of morpholine rings is 1. The van der Waals surface area contributed by atoms with Crippen LogP contribution >= 0.6 is 0 Å². The van der Waals surface area contributed by atoms with E-state index in [2.05, 4.69) is 25.8 Å². The van der Waals surface area contributed by atoms with Crippen molar-refractivity contribution in [3.63, 3.8) is 0 Å². The second-order valence-electron chi connectivity index (χ2n) is 7.62. The molecule has 0 spiro atoms. The highest BCUT2D eigenvalue weighted by molar-refractivity contribution is 5.83. The molecule has 158 valence electrons. The van der Waals surface area contributed by atoms with Crippen molar-refractivity contribution in [2.75, 3.05) is 59.5 Å². The number of guanidine groups is 1.